The number of thiophene rings is 1. The minimum atomic E-state index is -0.121. The average molecular weight is 419 g/mol. The third-order valence-electron chi connectivity index (χ3n) is 3.35. The first-order chi connectivity index (χ1) is 10.8. The fraction of sp³-hybridized carbons (Fsp3) is 0.0556. The van der Waals surface area contributed by atoms with Gasteiger partial charge in [0.2, 0.25) is 0 Å². The van der Waals surface area contributed by atoms with Gasteiger partial charge in [-0.2, -0.15) is 0 Å². The molecule has 1 amide bonds. The van der Waals surface area contributed by atoms with E-state index >= 15 is 0 Å². The highest BCUT2D eigenvalue weighted by Crippen LogP contribution is 2.26. The molecule has 4 heteroatoms. The fourth-order valence-electron chi connectivity index (χ4n) is 2.27. The van der Waals surface area contributed by atoms with Crippen LogP contribution in [0.4, 0.5) is 0 Å². The van der Waals surface area contributed by atoms with Crippen LogP contribution in [0.5, 0.6) is 0 Å². The van der Waals surface area contributed by atoms with E-state index in [0.29, 0.717) is 5.56 Å². The molecule has 0 spiro atoms. The molecule has 1 heterocycles. The molecule has 0 fully saturated rings. The molecule has 22 heavy (non-hydrogen) atoms. The molecule has 0 aliphatic carbocycles. The largest absolute Gasteiger partial charge is 0.340 e. The first kappa shape index (κ1) is 15.2. The number of carbonyl (C=O) groups is 1. The molecule has 3 rings (SSSR count). The molecule has 0 bridgehead atoms. The van der Waals surface area contributed by atoms with Crippen molar-refractivity contribution < 1.29 is 4.79 Å². The number of rotatable bonds is 4. The van der Waals surface area contributed by atoms with Crippen LogP contribution in [0.15, 0.2) is 72.1 Å². The molecule has 2 aromatic carbocycles. The van der Waals surface area contributed by atoms with Gasteiger partial charge in [0, 0.05) is 8.45 Å². The number of hydrogen-bond acceptors (Lipinski definition) is 2. The molecule has 0 saturated carbocycles. The average Bonchev–Trinajstić information content (AvgIpc) is 3.08. The molecule has 1 unspecified atom stereocenters. The Hall–Kier alpha value is -1.66. The maximum absolute atomic E-state index is 12.6. The van der Waals surface area contributed by atoms with E-state index in [4.69, 9.17) is 0 Å². The molecule has 110 valence electrons. The summed E-state index contributed by atoms with van der Waals surface area (Å²) in [6.45, 7) is 0. The van der Waals surface area contributed by atoms with Crippen LogP contribution in [0.25, 0.3) is 0 Å². The molecule has 1 aromatic heterocycles. The van der Waals surface area contributed by atoms with Crippen LogP contribution in [0, 0.1) is 3.57 Å². The van der Waals surface area contributed by atoms with Crippen molar-refractivity contribution in [1.82, 2.24) is 5.32 Å². The molecular weight excluding hydrogens is 405 g/mol. The van der Waals surface area contributed by atoms with Gasteiger partial charge in [-0.05, 0) is 51.7 Å². The number of halogens is 1. The summed E-state index contributed by atoms with van der Waals surface area (Å²) in [5, 5.41) is 5.19. The van der Waals surface area contributed by atoms with E-state index in [1.807, 2.05) is 66.0 Å². The summed E-state index contributed by atoms with van der Waals surface area (Å²) in [6, 6.07) is 21.6. The van der Waals surface area contributed by atoms with Gasteiger partial charge >= 0.3 is 0 Å². The predicted octanol–water partition coefficient (Wildman–Crippen LogP) is 4.87. The first-order valence-electron chi connectivity index (χ1n) is 6.89. The fourth-order valence-corrected chi connectivity index (χ4v) is 3.71. The lowest BCUT2D eigenvalue weighted by Crippen LogP contribution is -2.29. The van der Waals surface area contributed by atoms with Gasteiger partial charge in [-0.3, -0.25) is 4.79 Å². The molecule has 1 atom stereocenters. The summed E-state index contributed by atoms with van der Waals surface area (Å²) >= 11 is 3.84. The van der Waals surface area contributed by atoms with E-state index in [0.717, 1.165) is 14.0 Å². The van der Waals surface area contributed by atoms with Crippen LogP contribution in [-0.2, 0) is 0 Å². The van der Waals surface area contributed by atoms with E-state index in [1.165, 1.54) is 0 Å². The van der Waals surface area contributed by atoms with E-state index in [1.54, 1.807) is 11.3 Å². The molecule has 3 aromatic rings. The van der Waals surface area contributed by atoms with Crippen LogP contribution in [-0.4, -0.2) is 5.91 Å². The Balaban J connectivity index is 1.91. The van der Waals surface area contributed by atoms with Crippen LogP contribution >= 0.6 is 33.9 Å². The van der Waals surface area contributed by atoms with Crippen molar-refractivity contribution in [2.75, 3.05) is 0 Å². The maximum Gasteiger partial charge on any atom is 0.253 e. The number of carbonyl (C=O) groups excluding carboxylic acids is 1. The lowest BCUT2D eigenvalue weighted by molar-refractivity contribution is 0.0942. The van der Waals surface area contributed by atoms with Gasteiger partial charge < -0.3 is 5.32 Å². The second-order valence-electron chi connectivity index (χ2n) is 4.81. The summed E-state index contributed by atoms with van der Waals surface area (Å²) < 4.78 is 0.954. The van der Waals surface area contributed by atoms with E-state index < -0.39 is 0 Å². The molecule has 0 aliphatic heterocycles. The normalized spacial score (nSPS) is 11.9. The lowest BCUT2D eigenvalue weighted by atomic mass is 10.0. The first-order valence-corrected chi connectivity index (χ1v) is 8.85. The summed E-state index contributed by atoms with van der Waals surface area (Å²) in [5.74, 6) is -0.0488. The highest BCUT2D eigenvalue weighted by molar-refractivity contribution is 14.1. The minimum absolute atomic E-state index is 0.0488. The Bertz CT molecular complexity index is 756. The Kier molecular flexibility index (Phi) is 4.90. The van der Waals surface area contributed by atoms with Crippen molar-refractivity contribution in [2.45, 2.75) is 6.04 Å². The highest BCUT2D eigenvalue weighted by Gasteiger charge is 2.19. The standard InChI is InChI=1S/C18H14INOS/c19-15-10-5-4-9-14(15)18(21)20-17(16-11-6-12-22-16)13-7-2-1-3-8-13/h1-12,17H,(H,20,21). The number of hydrogen-bond donors (Lipinski definition) is 1. The number of benzene rings is 2. The maximum atomic E-state index is 12.6. The van der Waals surface area contributed by atoms with E-state index in [2.05, 4.69) is 34.0 Å². The van der Waals surface area contributed by atoms with Gasteiger partial charge in [0.05, 0.1) is 11.6 Å². The van der Waals surface area contributed by atoms with Crippen molar-refractivity contribution >= 4 is 39.8 Å². The van der Waals surface area contributed by atoms with Crippen molar-refractivity contribution in [3.8, 4) is 0 Å². The molecular formula is C18H14INOS. The summed E-state index contributed by atoms with van der Waals surface area (Å²) in [5.41, 5.74) is 1.80. The second-order valence-corrected chi connectivity index (χ2v) is 6.95. The monoisotopic (exact) mass is 419 g/mol. The summed E-state index contributed by atoms with van der Waals surface area (Å²) in [7, 11) is 0. The van der Waals surface area contributed by atoms with Crippen LogP contribution < -0.4 is 5.32 Å². The zero-order valence-electron chi connectivity index (χ0n) is 11.7. The van der Waals surface area contributed by atoms with Gasteiger partial charge in [-0.1, -0.05) is 48.5 Å². The predicted molar refractivity (Wildman–Crippen MR) is 99.2 cm³/mol. The van der Waals surface area contributed by atoms with Gasteiger partial charge in [0.15, 0.2) is 0 Å². The molecule has 0 radical (unpaired) electrons. The number of amides is 1. The van der Waals surface area contributed by atoms with Crippen molar-refractivity contribution in [1.29, 1.82) is 0 Å². The van der Waals surface area contributed by atoms with Crippen LogP contribution in [0.2, 0.25) is 0 Å². The SMILES string of the molecule is O=C(NC(c1ccccc1)c1cccs1)c1ccccc1I. The Labute approximate surface area is 147 Å². The van der Waals surface area contributed by atoms with Crippen LogP contribution in [0.3, 0.4) is 0 Å². The lowest BCUT2D eigenvalue weighted by Gasteiger charge is -2.18. The second kappa shape index (κ2) is 7.07. The van der Waals surface area contributed by atoms with Crippen molar-refractivity contribution in [2.24, 2.45) is 0 Å². The summed E-state index contributed by atoms with van der Waals surface area (Å²) in [6.07, 6.45) is 0. The molecule has 1 N–H and O–H groups in total. The third-order valence-corrected chi connectivity index (χ3v) is 5.23. The van der Waals surface area contributed by atoms with Gasteiger partial charge in [0.25, 0.3) is 5.91 Å². The smallest absolute Gasteiger partial charge is 0.253 e. The zero-order chi connectivity index (χ0) is 15.4. The Morgan fingerprint density at radius 3 is 2.36 bits per heavy atom. The van der Waals surface area contributed by atoms with Gasteiger partial charge in [-0.15, -0.1) is 11.3 Å². The molecule has 0 aliphatic rings. The Morgan fingerprint density at radius 1 is 0.955 bits per heavy atom. The van der Waals surface area contributed by atoms with E-state index in [-0.39, 0.29) is 11.9 Å². The molecule has 2 nitrogen and oxygen atoms in total. The van der Waals surface area contributed by atoms with Gasteiger partial charge in [0.1, 0.15) is 0 Å². The number of nitrogens with one attached hydrogen (secondary N) is 1. The topological polar surface area (TPSA) is 29.1 Å². The molecule has 0 saturated heterocycles. The van der Waals surface area contributed by atoms with Crippen molar-refractivity contribution in [3.05, 3.63) is 91.7 Å². The summed E-state index contributed by atoms with van der Waals surface area (Å²) in [4.78, 5) is 13.8. The van der Waals surface area contributed by atoms with Gasteiger partial charge in [-0.25, -0.2) is 0 Å². The third kappa shape index (κ3) is 3.39. The van der Waals surface area contributed by atoms with Crippen molar-refractivity contribution in [3.63, 3.8) is 0 Å². The highest BCUT2D eigenvalue weighted by atomic mass is 127. The minimum Gasteiger partial charge on any atom is -0.340 e. The van der Waals surface area contributed by atoms with E-state index in [9.17, 15) is 4.79 Å². The Morgan fingerprint density at radius 2 is 1.68 bits per heavy atom. The quantitative estimate of drug-likeness (QED) is 0.601. The van der Waals surface area contributed by atoms with Crippen LogP contribution in [0.1, 0.15) is 26.8 Å². The zero-order valence-corrected chi connectivity index (χ0v) is 14.7.